The molecule has 0 aliphatic heterocycles. The van der Waals surface area contributed by atoms with Crippen molar-refractivity contribution in [3.8, 4) is 11.5 Å². The number of halogens is 1. The van der Waals surface area contributed by atoms with Crippen LogP contribution in [0.4, 0.5) is 5.69 Å². The first-order chi connectivity index (χ1) is 11.5. The van der Waals surface area contributed by atoms with Crippen LogP contribution in [0.5, 0.6) is 11.5 Å². The van der Waals surface area contributed by atoms with E-state index in [1.165, 1.54) is 6.07 Å². The third kappa shape index (κ3) is 4.78. The third-order valence-electron chi connectivity index (χ3n) is 2.79. The SMILES string of the molecule is O=C(COc1ccccc1)NN=Cc1cc([N+](=O)[O-])cc(Br)c1O. The summed E-state index contributed by atoms with van der Waals surface area (Å²) in [5, 5.41) is 24.3. The van der Waals surface area contributed by atoms with Gasteiger partial charge in [0, 0.05) is 17.7 Å². The summed E-state index contributed by atoms with van der Waals surface area (Å²) < 4.78 is 5.38. The van der Waals surface area contributed by atoms with Crippen molar-refractivity contribution in [3.05, 3.63) is 62.6 Å². The van der Waals surface area contributed by atoms with Gasteiger partial charge in [-0.25, -0.2) is 5.43 Å². The maximum absolute atomic E-state index is 11.6. The number of nitrogens with one attached hydrogen (secondary N) is 1. The lowest BCUT2D eigenvalue weighted by molar-refractivity contribution is -0.385. The second-order valence-electron chi connectivity index (χ2n) is 4.52. The molecular weight excluding hydrogens is 382 g/mol. The van der Waals surface area contributed by atoms with Gasteiger partial charge in [-0.3, -0.25) is 14.9 Å². The molecular formula is C15H12BrN3O5. The van der Waals surface area contributed by atoms with Gasteiger partial charge in [0.1, 0.15) is 11.5 Å². The second-order valence-corrected chi connectivity index (χ2v) is 5.37. The minimum Gasteiger partial charge on any atom is -0.506 e. The molecule has 0 heterocycles. The molecule has 0 unspecified atom stereocenters. The van der Waals surface area contributed by atoms with Crippen LogP contribution in [0.25, 0.3) is 0 Å². The van der Waals surface area contributed by atoms with Gasteiger partial charge in [-0.1, -0.05) is 18.2 Å². The van der Waals surface area contributed by atoms with Crippen LogP contribution >= 0.6 is 15.9 Å². The van der Waals surface area contributed by atoms with Crippen LogP contribution in [0, 0.1) is 10.1 Å². The van der Waals surface area contributed by atoms with Gasteiger partial charge in [0.15, 0.2) is 6.61 Å². The van der Waals surface area contributed by atoms with Crippen molar-refractivity contribution in [2.45, 2.75) is 0 Å². The van der Waals surface area contributed by atoms with Crippen LogP contribution in [0.2, 0.25) is 0 Å². The molecule has 9 heteroatoms. The number of carbonyl (C=O) groups is 1. The minimum atomic E-state index is -0.603. The monoisotopic (exact) mass is 393 g/mol. The topological polar surface area (TPSA) is 114 Å². The lowest BCUT2D eigenvalue weighted by Crippen LogP contribution is -2.24. The number of phenolic OH excluding ortho intramolecular Hbond substituents is 1. The number of hydrogen-bond acceptors (Lipinski definition) is 6. The summed E-state index contributed by atoms with van der Waals surface area (Å²) in [6.07, 6.45) is 1.10. The minimum absolute atomic E-state index is 0.0837. The number of carbonyl (C=O) groups excluding carboxylic acids is 1. The number of ether oxygens (including phenoxy) is 1. The Labute approximate surface area is 145 Å². The number of nitro benzene ring substituents is 1. The number of non-ortho nitro benzene ring substituents is 1. The Bertz CT molecular complexity index is 780. The first kappa shape index (κ1) is 17.4. The van der Waals surface area contributed by atoms with Gasteiger partial charge in [-0.2, -0.15) is 5.10 Å². The van der Waals surface area contributed by atoms with Crippen LogP contribution in [-0.4, -0.2) is 28.8 Å². The normalized spacial score (nSPS) is 10.5. The van der Waals surface area contributed by atoms with Gasteiger partial charge < -0.3 is 9.84 Å². The van der Waals surface area contributed by atoms with Gasteiger partial charge in [-0.15, -0.1) is 0 Å². The van der Waals surface area contributed by atoms with E-state index in [4.69, 9.17) is 4.74 Å². The van der Waals surface area contributed by atoms with Crippen molar-refractivity contribution in [2.75, 3.05) is 6.61 Å². The number of benzene rings is 2. The summed E-state index contributed by atoms with van der Waals surface area (Å²) in [4.78, 5) is 21.8. The highest BCUT2D eigenvalue weighted by Crippen LogP contribution is 2.31. The number of amides is 1. The zero-order valence-electron chi connectivity index (χ0n) is 12.2. The maximum Gasteiger partial charge on any atom is 0.277 e. The summed E-state index contributed by atoms with van der Waals surface area (Å²) >= 11 is 3.01. The van der Waals surface area contributed by atoms with Crippen molar-refractivity contribution < 1.29 is 19.6 Å². The van der Waals surface area contributed by atoms with Crippen molar-refractivity contribution in [1.82, 2.24) is 5.43 Å². The molecule has 24 heavy (non-hydrogen) atoms. The molecule has 0 spiro atoms. The summed E-state index contributed by atoms with van der Waals surface area (Å²) in [6.45, 7) is -0.244. The van der Waals surface area contributed by atoms with E-state index >= 15 is 0 Å². The maximum atomic E-state index is 11.6. The Morgan fingerprint density at radius 2 is 2.08 bits per heavy atom. The van der Waals surface area contributed by atoms with E-state index in [1.807, 2.05) is 6.07 Å². The van der Waals surface area contributed by atoms with E-state index in [9.17, 15) is 20.0 Å². The number of para-hydroxylation sites is 1. The molecule has 0 saturated heterocycles. The third-order valence-corrected chi connectivity index (χ3v) is 3.40. The zero-order chi connectivity index (χ0) is 17.5. The quantitative estimate of drug-likeness (QED) is 0.444. The van der Waals surface area contributed by atoms with Crippen LogP contribution in [0.3, 0.4) is 0 Å². The molecule has 2 aromatic rings. The van der Waals surface area contributed by atoms with Crippen LogP contribution in [0.15, 0.2) is 52.0 Å². The second kappa shape index (κ2) is 8.06. The van der Waals surface area contributed by atoms with Crippen molar-refractivity contribution in [2.24, 2.45) is 5.10 Å². The van der Waals surface area contributed by atoms with Crippen molar-refractivity contribution >= 4 is 33.7 Å². The molecule has 0 fully saturated rings. The average molecular weight is 394 g/mol. The van der Waals surface area contributed by atoms with E-state index < -0.39 is 10.8 Å². The predicted octanol–water partition coefficient (Wildman–Crippen LogP) is 2.59. The lowest BCUT2D eigenvalue weighted by Gasteiger charge is -2.04. The number of rotatable bonds is 6. The van der Waals surface area contributed by atoms with E-state index in [2.05, 4.69) is 26.5 Å². The first-order valence-corrected chi connectivity index (χ1v) is 7.43. The fourth-order valence-electron chi connectivity index (χ4n) is 1.68. The van der Waals surface area contributed by atoms with E-state index in [0.29, 0.717) is 5.75 Å². The molecule has 2 rings (SSSR count). The van der Waals surface area contributed by atoms with Gasteiger partial charge in [0.25, 0.3) is 11.6 Å². The Morgan fingerprint density at radius 3 is 2.75 bits per heavy atom. The van der Waals surface area contributed by atoms with Crippen molar-refractivity contribution in [3.63, 3.8) is 0 Å². The Balaban J connectivity index is 1.96. The molecule has 0 bridgehead atoms. The van der Waals surface area contributed by atoms with Crippen LogP contribution in [-0.2, 0) is 4.79 Å². The van der Waals surface area contributed by atoms with Crippen LogP contribution in [0.1, 0.15) is 5.56 Å². The molecule has 0 aliphatic rings. The van der Waals surface area contributed by atoms with E-state index in [1.54, 1.807) is 24.3 Å². The standard InChI is InChI=1S/C15H12BrN3O5/c16-13-7-11(19(22)23)6-10(15(13)21)8-17-18-14(20)9-24-12-4-2-1-3-5-12/h1-8,21H,9H2,(H,18,20). The summed E-state index contributed by atoms with van der Waals surface area (Å²) in [5.41, 5.74) is 2.07. The van der Waals surface area contributed by atoms with Gasteiger partial charge in [0.2, 0.25) is 0 Å². The predicted molar refractivity (Wildman–Crippen MR) is 90.1 cm³/mol. The van der Waals surface area contributed by atoms with Crippen LogP contribution < -0.4 is 10.2 Å². The Kier molecular flexibility index (Phi) is 5.85. The molecule has 0 radical (unpaired) electrons. The number of nitro groups is 1. The largest absolute Gasteiger partial charge is 0.506 e. The summed E-state index contributed by atoms with van der Waals surface area (Å²) in [7, 11) is 0. The highest BCUT2D eigenvalue weighted by Gasteiger charge is 2.13. The lowest BCUT2D eigenvalue weighted by atomic mass is 10.2. The highest BCUT2D eigenvalue weighted by atomic mass is 79.9. The number of nitrogens with zero attached hydrogens (tertiary/aromatic N) is 2. The molecule has 0 atom stereocenters. The molecule has 1 amide bonds. The fourth-order valence-corrected chi connectivity index (χ4v) is 2.14. The van der Waals surface area contributed by atoms with Crippen molar-refractivity contribution in [1.29, 1.82) is 0 Å². The number of hydrogen-bond donors (Lipinski definition) is 2. The number of aromatic hydroxyl groups is 1. The summed E-state index contributed by atoms with van der Waals surface area (Å²) in [5.74, 6) is -0.199. The average Bonchev–Trinajstić information content (AvgIpc) is 2.57. The molecule has 124 valence electrons. The Morgan fingerprint density at radius 1 is 1.38 bits per heavy atom. The molecule has 0 aliphatic carbocycles. The molecule has 0 aromatic heterocycles. The van der Waals surface area contributed by atoms with Gasteiger partial charge >= 0.3 is 0 Å². The van der Waals surface area contributed by atoms with E-state index in [-0.39, 0.29) is 28.1 Å². The molecule has 2 aromatic carbocycles. The fraction of sp³-hybridized carbons (Fsp3) is 0.0667. The summed E-state index contributed by atoms with van der Waals surface area (Å²) in [6, 6.07) is 11.1. The Hall–Kier alpha value is -2.94. The van der Waals surface area contributed by atoms with E-state index in [0.717, 1.165) is 12.3 Å². The number of hydrazone groups is 1. The van der Waals surface area contributed by atoms with Gasteiger partial charge in [0.05, 0.1) is 15.6 Å². The first-order valence-electron chi connectivity index (χ1n) is 6.64. The molecule has 0 saturated carbocycles. The number of phenols is 1. The smallest absolute Gasteiger partial charge is 0.277 e. The van der Waals surface area contributed by atoms with Gasteiger partial charge in [-0.05, 0) is 28.1 Å². The zero-order valence-corrected chi connectivity index (χ0v) is 13.8. The highest BCUT2D eigenvalue weighted by molar-refractivity contribution is 9.10. The molecule has 8 nitrogen and oxygen atoms in total. The molecule has 2 N–H and O–H groups in total.